The van der Waals surface area contributed by atoms with Gasteiger partial charge in [0.1, 0.15) is 74.7 Å². The summed E-state index contributed by atoms with van der Waals surface area (Å²) in [6.45, 7) is 4.25. The highest BCUT2D eigenvalue weighted by Gasteiger charge is 2.35. The van der Waals surface area contributed by atoms with Crippen molar-refractivity contribution in [2.24, 2.45) is 14.1 Å². The van der Waals surface area contributed by atoms with Crippen LogP contribution in [0.2, 0.25) is 15.1 Å². The molecule has 10 aromatic rings. The minimum atomic E-state index is -1.07. The monoisotopic (exact) mass is 1370 g/mol. The second-order valence-corrected chi connectivity index (χ2v) is 24.4. The fourth-order valence-electron chi connectivity index (χ4n) is 11.5. The first kappa shape index (κ1) is 65.0. The standard InChI is InChI=1S/C62H57Cl3F3N19O9/c1-29-70-48-45(34-10-7-31(63)23-37(34)66)74-61(77-51(48)57(90)82(29)5)85-18-21-94-41(27-85)55(88)69-15-13-43-72-50-47(36-12-9-33(65)25-39(36)68)76-60(78-52(50)58(91)83(43)6)84-17-20-93-40(26-84)54-73-44(96-80-54)14-16-87-30(2)71-49-46(35-11-8-32(64)24-38(35)67)75-62(79-53(49)59(87)92)86-19-22-95-42(28-86)56(89)81(3)4/h7-12,23-25,40-42H,13-22,26-28H2,1-6H3,(H,69,88). The molecule has 3 unspecified atom stereocenters. The molecule has 3 aliphatic heterocycles. The number of likely N-dealkylation sites (N-methyl/N-ethyl adjacent to an activating group) is 1. The molecule has 10 heterocycles. The zero-order valence-electron chi connectivity index (χ0n) is 52.1. The van der Waals surface area contributed by atoms with E-state index in [2.05, 4.69) is 35.4 Å². The van der Waals surface area contributed by atoms with Crippen LogP contribution in [0.4, 0.5) is 31.0 Å². The van der Waals surface area contributed by atoms with Crippen molar-refractivity contribution < 1.29 is 41.5 Å². The topological polar surface area (TPSA) is 308 Å². The van der Waals surface area contributed by atoms with Gasteiger partial charge in [0.05, 0.1) is 39.5 Å². The van der Waals surface area contributed by atoms with Gasteiger partial charge in [-0.25, -0.2) is 58.0 Å². The van der Waals surface area contributed by atoms with Crippen LogP contribution in [0.15, 0.2) is 73.5 Å². The number of benzene rings is 3. The van der Waals surface area contributed by atoms with Crippen molar-refractivity contribution in [3.63, 3.8) is 0 Å². The van der Waals surface area contributed by atoms with E-state index in [9.17, 15) is 24.0 Å². The first-order valence-corrected chi connectivity index (χ1v) is 31.3. The number of aromatic nitrogens is 14. The molecule has 0 saturated carbocycles. The van der Waals surface area contributed by atoms with Crippen LogP contribution < -0.4 is 36.7 Å². The minimum Gasteiger partial charge on any atom is -0.366 e. The van der Waals surface area contributed by atoms with Gasteiger partial charge in [0.25, 0.3) is 28.5 Å². The molecule has 0 spiro atoms. The Hall–Kier alpha value is -9.66. The normalized spacial score (nSPS) is 16.9. The van der Waals surface area contributed by atoms with E-state index in [1.807, 2.05) is 0 Å². The summed E-state index contributed by atoms with van der Waals surface area (Å²) in [6, 6.07) is 12.1. The van der Waals surface area contributed by atoms with Crippen LogP contribution >= 0.6 is 34.8 Å². The van der Waals surface area contributed by atoms with Crippen molar-refractivity contribution >= 4 is 97.6 Å². The lowest BCUT2D eigenvalue weighted by atomic mass is 10.1. The number of aryl methyl sites for hydroxylation is 3. The van der Waals surface area contributed by atoms with Crippen molar-refractivity contribution in [1.29, 1.82) is 0 Å². The molecule has 0 aliphatic carbocycles. The summed E-state index contributed by atoms with van der Waals surface area (Å²) in [7, 11) is 6.26. The molecule has 496 valence electrons. The van der Waals surface area contributed by atoms with Crippen LogP contribution in [0, 0.1) is 31.3 Å². The molecule has 0 radical (unpaired) electrons. The summed E-state index contributed by atoms with van der Waals surface area (Å²) < 4.78 is 74.8. The molecule has 2 amide bonds. The van der Waals surface area contributed by atoms with Crippen LogP contribution in [0.25, 0.3) is 66.9 Å². The maximum Gasteiger partial charge on any atom is 0.280 e. The molecule has 3 aromatic carbocycles. The van der Waals surface area contributed by atoms with Crippen LogP contribution in [0.1, 0.15) is 35.3 Å². The number of morpholine rings is 3. The van der Waals surface area contributed by atoms with Gasteiger partial charge in [-0.2, -0.15) is 4.98 Å². The maximum absolute atomic E-state index is 16.1. The zero-order chi connectivity index (χ0) is 67.5. The molecule has 3 fully saturated rings. The predicted molar refractivity (Wildman–Crippen MR) is 346 cm³/mol. The van der Waals surface area contributed by atoms with Crippen molar-refractivity contribution in [3.05, 3.63) is 147 Å². The summed E-state index contributed by atoms with van der Waals surface area (Å²) in [5.74, 6) is -1.74. The smallest absolute Gasteiger partial charge is 0.280 e. The Morgan fingerprint density at radius 1 is 0.562 bits per heavy atom. The van der Waals surface area contributed by atoms with E-state index >= 15 is 13.2 Å². The number of anilines is 3. The van der Waals surface area contributed by atoms with E-state index in [4.69, 9.17) is 78.5 Å². The second kappa shape index (κ2) is 26.5. The Morgan fingerprint density at radius 2 is 1.03 bits per heavy atom. The summed E-state index contributed by atoms with van der Waals surface area (Å²) in [4.78, 5) is 123. The molecule has 3 saturated heterocycles. The molecule has 0 bridgehead atoms. The number of nitrogens with zero attached hydrogens (tertiary/aromatic N) is 18. The van der Waals surface area contributed by atoms with Crippen LogP contribution in [-0.4, -0.2) is 177 Å². The Morgan fingerprint density at radius 3 is 1.56 bits per heavy atom. The molecule has 96 heavy (non-hydrogen) atoms. The third-order valence-corrected chi connectivity index (χ3v) is 17.4. The minimum absolute atomic E-state index is 0.00321. The number of fused-ring (bicyclic) bond motifs is 3. The number of nitrogens with one attached hydrogen (secondary N) is 1. The summed E-state index contributed by atoms with van der Waals surface area (Å²) >= 11 is 18.4. The summed E-state index contributed by atoms with van der Waals surface area (Å²) in [5, 5.41) is 7.50. The van der Waals surface area contributed by atoms with Gasteiger partial charge in [-0.3, -0.25) is 37.7 Å². The van der Waals surface area contributed by atoms with Crippen molar-refractivity contribution in [2.45, 2.75) is 51.5 Å². The third-order valence-electron chi connectivity index (χ3n) is 16.7. The van der Waals surface area contributed by atoms with Gasteiger partial charge < -0.3 is 43.7 Å². The number of ether oxygens (including phenoxy) is 3. The van der Waals surface area contributed by atoms with Gasteiger partial charge >= 0.3 is 0 Å². The van der Waals surface area contributed by atoms with E-state index in [1.54, 1.807) is 49.7 Å². The van der Waals surface area contributed by atoms with Crippen LogP contribution in [0.5, 0.6) is 0 Å². The van der Waals surface area contributed by atoms with Gasteiger partial charge in [-0.1, -0.05) is 40.0 Å². The van der Waals surface area contributed by atoms with Crippen LogP contribution in [-0.2, 0) is 57.3 Å². The number of hydrogen-bond donors (Lipinski definition) is 1. The van der Waals surface area contributed by atoms with E-state index in [0.717, 1.165) is 18.2 Å². The lowest BCUT2D eigenvalue weighted by Gasteiger charge is -2.33. The highest BCUT2D eigenvalue weighted by Crippen LogP contribution is 2.35. The third kappa shape index (κ3) is 12.6. The average Bonchev–Trinajstić information content (AvgIpc) is 0.782. The average molecular weight is 1380 g/mol. The Kier molecular flexibility index (Phi) is 18.0. The number of carbonyl (C=O) groups is 2. The molecule has 7 aromatic heterocycles. The van der Waals surface area contributed by atoms with E-state index in [0.29, 0.717) is 5.82 Å². The van der Waals surface area contributed by atoms with Crippen molar-refractivity contribution in [1.82, 2.24) is 78.9 Å². The van der Waals surface area contributed by atoms with E-state index < -0.39 is 58.3 Å². The Bertz CT molecular complexity index is 5000. The second-order valence-electron chi connectivity index (χ2n) is 23.1. The summed E-state index contributed by atoms with van der Waals surface area (Å²) in [5.41, 5.74) is -1.74. The molecule has 13 rings (SSSR count). The number of halogens is 6. The first-order chi connectivity index (χ1) is 46.1. The van der Waals surface area contributed by atoms with Crippen LogP contribution in [0.3, 0.4) is 0 Å². The summed E-state index contributed by atoms with van der Waals surface area (Å²) in [6.07, 6.45) is -2.71. The van der Waals surface area contributed by atoms with Gasteiger partial charge in [0, 0.05) is 106 Å². The quantitative estimate of drug-likeness (QED) is 0.136. The zero-order valence-corrected chi connectivity index (χ0v) is 54.4. The fourth-order valence-corrected chi connectivity index (χ4v) is 12.0. The molecule has 3 atom stereocenters. The molecule has 3 aliphatic rings. The van der Waals surface area contributed by atoms with Gasteiger partial charge in [0.15, 0.2) is 28.8 Å². The van der Waals surface area contributed by atoms with Crippen molar-refractivity contribution in [2.75, 3.05) is 94.4 Å². The number of hydrogen-bond acceptors (Lipinski definition) is 23. The van der Waals surface area contributed by atoms with E-state index in [1.165, 1.54) is 62.0 Å². The van der Waals surface area contributed by atoms with Gasteiger partial charge in [-0.15, -0.1) is 0 Å². The maximum atomic E-state index is 16.1. The Balaban J connectivity index is 0.724. The fraction of sp³-hybridized carbons (Fsp3) is 0.355. The molecule has 34 heteroatoms. The lowest BCUT2D eigenvalue weighted by Crippen LogP contribution is -2.50. The predicted octanol–water partition coefficient (Wildman–Crippen LogP) is 5.32. The highest BCUT2D eigenvalue weighted by atomic mass is 35.5. The number of rotatable bonds is 15. The molecular weight excluding hydrogens is 1320 g/mol. The molecule has 28 nitrogen and oxygen atoms in total. The Labute approximate surface area is 556 Å². The van der Waals surface area contributed by atoms with Gasteiger partial charge in [0.2, 0.25) is 29.6 Å². The van der Waals surface area contributed by atoms with Crippen molar-refractivity contribution in [3.8, 4) is 33.8 Å². The number of carbonyl (C=O) groups excluding carboxylic acids is 2. The SMILES string of the molecule is Cc1nc2c(-c3ccc(Cl)cc3F)nc(N3CCOC(C(=O)NCCc4nc5c(-c6ccc(Cl)cc6F)nc(N6CCOC(c7noc(CCn8c(C)nc9c(-c%10ccc(Cl)cc%10F)nc(N%10CCOC(C(=O)N(C)C)C%10)nc9c8=O)n7)C6)nc5c(=O)n4C)C3)nc2c(=O)n1C. The largest absolute Gasteiger partial charge is 0.366 e. The molecular formula is C62H57Cl3F3N19O9. The molecule has 1 N–H and O–H groups in total. The lowest BCUT2D eigenvalue weighted by molar-refractivity contribution is -0.141. The van der Waals surface area contributed by atoms with E-state index in [-0.39, 0.29) is 214 Å². The number of amides is 2. The highest BCUT2D eigenvalue weighted by molar-refractivity contribution is 6.31. The first-order valence-electron chi connectivity index (χ1n) is 30.2. The van der Waals surface area contributed by atoms with Gasteiger partial charge in [-0.05, 0) is 68.4 Å².